The molecule has 1 nitrogen and oxygen atoms in total. The van der Waals surface area contributed by atoms with Gasteiger partial charge in [-0.05, 0) is 37.3 Å². The summed E-state index contributed by atoms with van der Waals surface area (Å²) in [6.45, 7) is 3.55. The fraction of sp³-hybridized carbons (Fsp3) is 0.538. The maximum Gasteiger partial charge on any atom is 0.0110 e. The third kappa shape index (κ3) is 2.58. The first-order valence-electron chi connectivity index (χ1n) is 5.62. The molecule has 2 atom stereocenters. The molecule has 1 aromatic rings. The average Bonchev–Trinajstić information content (AvgIpc) is 2.19. The smallest absolute Gasteiger partial charge is 0.0110 e. The van der Waals surface area contributed by atoms with E-state index in [1.54, 1.807) is 0 Å². The molecule has 0 amide bonds. The van der Waals surface area contributed by atoms with Crippen molar-refractivity contribution in [1.82, 2.24) is 5.32 Å². The van der Waals surface area contributed by atoms with Crippen molar-refractivity contribution in [2.75, 3.05) is 6.54 Å². The first-order valence-corrected chi connectivity index (χ1v) is 5.62. The molecule has 14 heavy (non-hydrogen) atoms. The highest BCUT2D eigenvalue weighted by Gasteiger charge is 2.17. The van der Waals surface area contributed by atoms with Crippen molar-refractivity contribution >= 4 is 0 Å². The summed E-state index contributed by atoms with van der Waals surface area (Å²) in [5.74, 6) is 0.893. The van der Waals surface area contributed by atoms with Gasteiger partial charge in [-0.15, -0.1) is 0 Å². The van der Waals surface area contributed by atoms with Gasteiger partial charge in [0.15, 0.2) is 0 Å². The lowest BCUT2D eigenvalue weighted by Crippen LogP contribution is -2.38. The Bertz CT molecular complexity index is 268. The zero-order valence-corrected chi connectivity index (χ0v) is 8.87. The Labute approximate surface area is 86.5 Å². The predicted molar refractivity (Wildman–Crippen MR) is 60.3 cm³/mol. The van der Waals surface area contributed by atoms with Crippen LogP contribution in [0, 0.1) is 5.92 Å². The summed E-state index contributed by atoms with van der Waals surface area (Å²) in [5, 5.41) is 3.60. The van der Waals surface area contributed by atoms with E-state index < -0.39 is 0 Å². The van der Waals surface area contributed by atoms with Crippen molar-refractivity contribution in [1.29, 1.82) is 0 Å². The lowest BCUT2D eigenvalue weighted by atomic mass is 9.91. The molecule has 0 radical (unpaired) electrons. The van der Waals surface area contributed by atoms with Crippen LogP contribution in [0.25, 0.3) is 0 Å². The number of rotatable bonds is 2. The van der Waals surface area contributed by atoms with Crippen LogP contribution in [0.15, 0.2) is 30.3 Å². The number of hydrogen-bond acceptors (Lipinski definition) is 1. The van der Waals surface area contributed by atoms with Gasteiger partial charge in [-0.2, -0.15) is 0 Å². The standard InChI is InChI=1S/C13H19N/c1-11-7-8-14-13(9-11)10-12-5-3-2-4-6-12/h2-6,11,13-14H,7-10H2,1H3. The van der Waals surface area contributed by atoms with E-state index in [0.717, 1.165) is 5.92 Å². The summed E-state index contributed by atoms with van der Waals surface area (Å²) in [6, 6.07) is 11.5. The highest BCUT2D eigenvalue weighted by Crippen LogP contribution is 2.17. The second-order valence-corrected chi connectivity index (χ2v) is 4.47. The summed E-state index contributed by atoms with van der Waals surface area (Å²) in [7, 11) is 0. The van der Waals surface area contributed by atoms with Gasteiger partial charge in [-0.1, -0.05) is 37.3 Å². The van der Waals surface area contributed by atoms with Crippen molar-refractivity contribution < 1.29 is 0 Å². The Kier molecular flexibility index (Phi) is 3.20. The van der Waals surface area contributed by atoms with Crippen LogP contribution in [0.3, 0.4) is 0 Å². The summed E-state index contributed by atoms with van der Waals surface area (Å²) < 4.78 is 0. The molecule has 1 heterocycles. The minimum Gasteiger partial charge on any atom is -0.314 e. The van der Waals surface area contributed by atoms with Crippen LogP contribution in [0.2, 0.25) is 0 Å². The maximum atomic E-state index is 3.60. The molecule has 1 fully saturated rings. The van der Waals surface area contributed by atoms with Crippen molar-refractivity contribution in [3.05, 3.63) is 35.9 Å². The molecule has 1 N–H and O–H groups in total. The van der Waals surface area contributed by atoms with E-state index in [1.807, 2.05) is 0 Å². The van der Waals surface area contributed by atoms with E-state index in [-0.39, 0.29) is 0 Å². The van der Waals surface area contributed by atoms with Crippen LogP contribution in [0.4, 0.5) is 0 Å². The van der Waals surface area contributed by atoms with Crippen molar-refractivity contribution in [2.45, 2.75) is 32.2 Å². The number of nitrogens with one attached hydrogen (secondary N) is 1. The molecule has 1 aliphatic heterocycles. The first kappa shape index (κ1) is 9.72. The molecule has 0 saturated carbocycles. The van der Waals surface area contributed by atoms with Crippen molar-refractivity contribution in [3.63, 3.8) is 0 Å². The van der Waals surface area contributed by atoms with Crippen LogP contribution in [-0.2, 0) is 6.42 Å². The van der Waals surface area contributed by atoms with E-state index in [4.69, 9.17) is 0 Å². The SMILES string of the molecule is CC1CCNC(Cc2ccccc2)C1. The van der Waals surface area contributed by atoms with Gasteiger partial charge in [0.25, 0.3) is 0 Å². The van der Waals surface area contributed by atoms with E-state index in [2.05, 4.69) is 42.6 Å². The molecule has 2 rings (SSSR count). The first-order chi connectivity index (χ1) is 6.84. The fourth-order valence-corrected chi connectivity index (χ4v) is 2.27. The maximum absolute atomic E-state index is 3.60. The van der Waals surface area contributed by atoms with Gasteiger partial charge < -0.3 is 5.32 Å². The molecule has 0 bridgehead atoms. The van der Waals surface area contributed by atoms with Gasteiger partial charge >= 0.3 is 0 Å². The second kappa shape index (κ2) is 4.61. The van der Waals surface area contributed by atoms with Gasteiger partial charge in [0.05, 0.1) is 0 Å². The van der Waals surface area contributed by atoms with Crippen LogP contribution in [0.1, 0.15) is 25.3 Å². The van der Waals surface area contributed by atoms with Gasteiger partial charge in [0.1, 0.15) is 0 Å². The summed E-state index contributed by atoms with van der Waals surface area (Å²) >= 11 is 0. The highest BCUT2D eigenvalue weighted by molar-refractivity contribution is 5.16. The summed E-state index contributed by atoms with van der Waals surface area (Å²) in [5.41, 5.74) is 1.46. The summed E-state index contributed by atoms with van der Waals surface area (Å²) in [6.07, 6.45) is 3.85. The molecule has 0 aliphatic carbocycles. The Morgan fingerprint density at radius 2 is 2.07 bits per heavy atom. The Morgan fingerprint density at radius 1 is 1.29 bits per heavy atom. The molecule has 0 aromatic heterocycles. The normalized spacial score (nSPS) is 27.5. The van der Waals surface area contributed by atoms with Gasteiger partial charge in [0, 0.05) is 6.04 Å². The lowest BCUT2D eigenvalue weighted by molar-refractivity contribution is 0.318. The van der Waals surface area contributed by atoms with Crippen molar-refractivity contribution in [2.24, 2.45) is 5.92 Å². The molecular weight excluding hydrogens is 170 g/mol. The van der Waals surface area contributed by atoms with Crippen LogP contribution < -0.4 is 5.32 Å². The van der Waals surface area contributed by atoms with E-state index >= 15 is 0 Å². The van der Waals surface area contributed by atoms with Crippen LogP contribution in [0.5, 0.6) is 0 Å². The second-order valence-electron chi connectivity index (χ2n) is 4.47. The molecule has 2 unspecified atom stereocenters. The van der Waals surface area contributed by atoms with E-state index in [1.165, 1.54) is 31.4 Å². The third-order valence-electron chi connectivity index (χ3n) is 3.08. The quantitative estimate of drug-likeness (QED) is 0.754. The Hall–Kier alpha value is -0.820. The molecule has 1 heteroatoms. The summed E-state index contributed by atoms with van der Waals surface area (Å²) in [4.78, 5) is 0. The number of benzene rings is 1. The van der Waals surface area contributed by atoms with Gasteiger partial charge in [0.2, 0.25) is 0 Å². The molecule has 1 saturated heterocycles. The number of hydrogen-bond donors (Lipinski definition) is 1. The monoisotopic (exact) mass is 189 g/mol. The predicted octanol–water partition coefficient (Wildman–Crippen LogP) is 2.62. The fourth-order valence-electron chi connectivity index (χ4n) is 2.27. The zero-order valence-electron chi connectivity index (χ0n) is 8.87. The van der Waals surface area contributed by atoms with Gasteiger partial charge in [-0.25, -0.2) is 0 Å². The topological polar surface area (TPSA) is 12.0 Å². The molecular formula is C13H19N. The van der Waals surface area contributed by atoms with E-state index in [0.29, 0.717) is 6.04 Å². The average molecular weight is 189 g/mol. The Morgan fingerprint density at radius 3 is 2.79 bits per heavy atom. The zero-order chi connectivity index (χ0) is 9.80. The molecule has 76 valence electrons. The minimum absolute atomic E-state index is 0.696. The van der Waals surface area contributed by atoms with E-state index in [9.17, 15) is 0 Å². The molecule has 1 aromatic carbocycles. The molecule has 0 spiro atoms. The number of piperidine rings is 1. The largest absolute Gasteiger partial charge is 0.314 e. The lowest BCUT2D eigenvalue weighted by Gasteiger charge is -2.28. The van der Waals surface area contributed by atoms with Gasteiger partial charge in [-0.3, -0.25) is 0 Å². The van der Waals surface area contributed by atoms with Crippen LogP contribution >= 0.6 is 0 Å². The minimum atomic E-state index is 0.696. The van der Waals surface area contributed by atoms with Crippen LogP contribution in [-0.4, -0.2) is 12.6 Å². The molecule has 1 aliphatic rings. The third-order valence-corrected chi connectivity index (χ3v) is 3.08. The highest BCUT2D eigenvalue weighted by atomic mass is 14.9. The Balaban J connectivity index is 1.91. The van der Waals surface area contributed by atoms with Crippen molar-refractivity contribution in [3.8, 4) is 0 Å².